The van der Waals surface area contributed by atoms with E-state index in [-0.39, 0.29) is 11.3 Å². The van der Waals surface area contributed by atoms with Crippen LogP contribution in [0.15, 0.2) is 18.2 Å². The molecule has 0 saturated heterocycles. The van der Waals surface area contributed by atoms with Gasteiger partial charge in [-0.2, -0.15) is 13.2 Å². The molecule has 0 bridgehead atoms. The molecule has 2 atom stereocenters. The van der Waals surface area contributed by atoms with Crippen molar-refractivity contribution in [3.05, 3.63) is 29.6 Å². The first-order valence-corrected chi connectivity index (χ1v) is 5.09. The van der Waals surface area contributed by atoms with Gasteiger partial charge in [0.25, 0.3) is 0 Å². The molecule has 0 heterocycles. The molecule has 0 saturated carbocycles. The highest BCUT2D eigenvalue weighted by Gasteiger charge is 2.38. The maximum absolute atomic E-state index is 13.3. The number of hydrogen-bond acceptors (Lipinski definition) is 3. The molecule has 0 amide bonds. The highest BCUT2D eigenvalue weighted by atomic mass is 19.4. The summed E-state index contributed by atoms with van der Waals surface area (Å²) >= 11 is 0. The van der Waals surface area contributed by atoms with Crippen LogP contribution in [0.1, 0.15) is 18.1 Å². The lowest BCUT2D eigenvalue weighted by Gasteiger charge is -2.19. The zero-order valence-corrected chi connectivity index (χ0v) is 9.54. The summed E-state index contributed by atoms with van der Waals surface area (Å²) < 4.78 is 54.5. The van der Waals surface area contributed by atoms with Crippen molar-refractivity contribution in [3.63, 3.8) is 0 Å². The van der Waals surface area contributed by atoms with E-state index >= 15 is 0 Å². The Hall–Kier alpha value is -1.34. The Bertz CT molecular complexity index is 409. The smallest absolute Gasteiger partial charge is 0.403 e. The molecule has 7 heteroatoms. The molecular formula is C11H13F4NO2. The Morgan fingerprint density at radius 1 is 1.39 bits per heavy atom. The third-order valence-corrected chi connectivity index (χ3v) is 2.46. The number of benzene rings is 1. The van der Waals surface area contributed by atoms with Gasteiger partial charge in [0.15, 0.2) is 11.6 Å². The number of aliphatic hydroxyl groups excluding tert-OH is 1. The Morgan fingerprint density at radius 2 is 2.00 bits per heavy atom. The molecule has 0 aromatic heterocycles. The number of rotatable bonds is 4. The molecule has 0 radical (unpaired) electrons. The second-order valence-electron chi connectivity index (χ2n) is 3.79. The van der Waals surface area contributed by atoms with Crippen molar-refractivity contribution in [2.45, 2.75) is 24.7 Å². The van der Waals surface area contributed by atoms with Crippen molar-refractivity contribution < 1.29 is 27.4 Å². The summed E-state index contributed by atoms with van der Waals surface area (Å²) in [5.41, 5.74) is 4.90. The first-order valence-electron chi connectivity index (χ1n) is 5.09. The summed E-state index contributed by atoms with van der Waals surface area (Å²) in [4.78, 5) is 0. The monoisotopic (exact) mass is 267 g/mol. The fraction of sp³-hybridized carbons (Fsp3) is 0.455. The summed E-state index contributed by atoms with van der Waals surface area (Å²) in [6.45, 7) is 0. The highest BCUT2D eigenvalue weighted by Crippen LogP contribution is 2.28. The van der Waals surface area contributed by atoms with Crippen LogP contribution in [0.3, 0.4) is 0 Å². The maximum Gasteiger partial charge on any atom is 0.403 e. The average Bonchev–Trinajstić information content (AvgIpc) is 2.27. The Kier molecular flexibility index (Phi) is 4.53. The molecule has 102 valence electrons. The van der Waals surface area contributed by atoms with Crippen molar-refractivity contribution >= 4 is 0 Å². The van der Waals surface area contributed by atoms with Crippen LogP contribution in [-0.2, 0) is 0 Å². The lowest BCUT2D eigenvalue weighted by molar-refractivity contribution is -0.153. The topological polar surface area (TPSA) is 55.5 Å². The summed E-state index contributed by atoms with van der Waals surface area (Å²) in [6, 6.07) is 1.28. The van der Waals surface area contributed by atoms with Gasteiger partial charge in [0, 0.05) is 6.42 Å². The van der Waals surface area contributed by atoms with Crippen molar-refractivity contribution in [2.75, 3.05) is 7.11 Å². The zero-order chi connectivity index (χ0) is 13.9. The van der Waals surface area contributed by atoms with Crippen LogP contribution in [0.2, 0.25) is 0 Å². The van der Waals surface area contributed by atoms with Crippen molar-refractivity contribution in [2.24, 2.45) is 5.73 Å². The zero-order valence-electron chi connectivity index (χ0n) is 9.54. The molecule has 0 fully saturated rings. The molecule has 0 aliphatic rings. The van der Waals surface area contributed by atoms with Gasteiger partial charge in [-0.05, 0) is 17.7 Å². The fourth-order valence-electron chi connectivity index (χ4n) is 1.40. The van der Waals surface area contributed by atoms with E-state index in [4.69, 9.17) is 5.73 Å². The van der Waals surface area contributed by atoms with Gasteiger partial charge in [-0.1, -0.05) is 6.07 Å². The van der Waals surface area contributed by atoms with E-state index in [1.54, 1.807) is 0 Å². The Labute approximate surface area is 101 Å². The Balaban J connectivity index is 2.79. The molecule has 3 nitrogen and oxygen atoms in total. The van der Waals surface area contributed by atoms with E-state index in [9.17, 15) is 22.7 Å². The SMILES string of the molecule is COc1ccc([C@H](O)C[C@@H](N)C(F)(F)F)cc1F. The first kappa shape index (κ1) is 14.7. The van der Waals surface area contributed by atoms with Crippen molar-refractivity contribution in [3.8, 4) is 5.75 Å². The molecule has 0 aliphatic carbocycles. The third-order valence-electron chi connectivity index (χ3n) is 2.46. The summed E-state index contributed by atoms with van der Waals surface area (Å²) in [5, 5.41) is 9.55. The van der Waals surface area contributed by atoms with E-state index in [1.165, 1.54) is 19.2 Å². The van der Waals surface area contributed by atoms with Crippen LogP contribution < -0.4 is 10.5 Å². The molecule has 1 aromatic carbocycles. The molecule has 0 spiro atoms. The molecule has 0 aliphatic heterocycles. The van der Waals surface area contributed by atoms with E-state index in [0.29, 0.717) is 0 Å². The normalized spacial score (nSPS) is 15.3. The van der Waals surface area contributed by atoms with Crippen LogP contribution >= 0.6 is 0 Å². The van der Waals surface area contributed by atoms with Gasteiger partial charge in [-0.15, -0.1) is 0 Å². The number of nitrogens with two attached hydrogens (primary N) is 1. The minimum absolute atomic E-state index is 0.0213. The molecular weight excluding hydrogens is 254 g/mol. The Morgan fingerprint density at radius 3 is 2.44 bits per heavy atom. The lowest BCUT2D eigenvalue weighted by Crippen LogP contribution is -2.38. The van der Waals surface area contributed by atoms with Gasteiger partial charge in [0.1, 0.15) is 6.04 Å². The summed E-state index contributed by atoms with van der Waals surface area (Å²) in [5.74, 6) is -0.805. The van der Waals surface area contributed by atoms with Crippen LogP contribution in [0, 0.1) is 5.82 Å². The van der Waals surface area contributed by atoms with Crippen LogP contribution in [0.25, 0.3) is 0 Å². The van der Waals surface area contributed by atoms with Gasteiger partial charge >= 0.3 is 6.18 Å². The van der Waals surface area contributed by atoms with Crippen LogP contribution in [0.5, 0.6) is 5.75 Å². The van der Waals surface area contributed by atoms with E-state index in [0.717, 1.165) is 6.07 Å². The summed E-state index contributed by atoms with van der Waals surface area (Å²) in [6.07, 6.45) is -6.80. The molecule has 0 unspecified atom stereocenters. The molecule has 3 N–H and O–H groups in total. The van der Waals surface area contributed by atoms with Crippen LogP contribution in [0.4, 0.5) is 17.6 Å². The van der Waals surface area contributed by atoms with Gasteiger partial charge in [0.2, 0.25) is 0 Å². The number of aliphatic hydroxyl groups is 1. The number of methoxy groups -OCH3 is 1. The van der Waals surface area contributed by atoms with Crippen LogP contribution in [-0.4, -0.2) is 24.4 Å². The lowest BCUT2D eigenvalue weighted by atomic mass is 10.0. The van der Waals surface area contributed by atoms with Gasteiger partial charge in [-0.25, -0.2) is 4.39 Å². The first-order chi connectivity index (χ1) is 8.25. The average molecular weight is 267 g/mol. The molecule has 18 heavy (non-hydrogen) atoms. The number of halogens is 4. The maximum atomic E-state index is 13.3. The molecule has 1 aromatic rings. The standard InChI is InChI=1S/C11H13F4NO2/c1-18-9-3-2-6(4-7(9)12)8(17)5-10(16)11(13,14)15/h2-4,8,10,17H,5,16H2,1H3/t8-,10-/m1/s1. The predicted octanol–water partition coefficient (Wildman–Crippen LogP) is 2.15. The fourth-order valence-corrected chi connectivity index (χ4v) is 1.40. The number of ether oxygens (including phenoxy) is 1. The highest BCUT2D eigenvalue weighted by molar-refractivity contribution is 5.30. The second kappa shape index (κ2) is 5.53. The van der Waals surface area contributed by atoms with Gasteiger partial charge in [-0.3, -0.25) is 0 Å². The largest absolute Gasteiger partial charge is 0.494 e. The van der Waals surface area contributed by atoms with Gasteiger partial charge in [0.05, 0.1) is 13.2 Å². The third kappa shape index (κ3) is 3.58. The minimum Gasteiger partial charge on any atom is -0.494 e. The second-order valence-corrected chi connectivity index (χ2v) is 3.79. The number of hydrogen-bond donors (Lipinski definition) is 2. The van der Waals surface area contributed by atoms with E-state index in [1.807, 2.05) is 0 Å². The van der Waals surface area contributed by atoms with Crippen molar-refractivity contribution in [1.82, 2.24) is 0 Å². The quantitative estimate of drug-likeness (QED) is 0.822. The summed E-state index contributed by atoms with van der Waals surface area (Å²) in [7, 11) is 1.26. The van der Waals surface area contributed by atoms with E-state index in [2.05, 4.69) is 4.74 Å². The van der Waals surface area contributed by atoms with E-state index < -0.39 is 30.6 Å². The van der Waals surface area contributed by atoms with Crippen molar-refractivity contribution in [1.29, 1.82) is 0 Å². The number of alkyl halides is 3. The minimum atomic E-state index is -4.59. The molecule has 1 rings (SSSR count). The van der Waals surface area contributed by atoms with Gasteiger partial charge < -0.3 is 15.6 Å². The predicted molar refractivity (Wildman–Crippen MR) is 56.6 cm³/mol.